The number of ketones is 2. The molecular weight excluding hydrogens is 720 g/mol. The van der Waals surface area contributed by atoms with E-state index in [1.807, 2.05) is 78.7 Å². The molecule has 0 radical (unpaired) electrons. The summed E-state index contributed by atoms with van der Waals surface area (Å²) in [6.45, 7) is 14.3. The largest absolute Gasteiger partial charge is 0.458 e. The zero-order valence-corrected chi connectivity index (χ0v) is 35.1. The molecule has 4 fully saturated rings. The van der Waals surface area contributed by atoms with Crippen molar-refractivity contribution in [3.63, 3.8) is 0 Å². The van der Waals surface area contributed by atoms with E-state index in [0.717, 1.165) is 12.8 Å². The van der Waals surface area contributed by atoms with Gasteiger partial charge in [-0.2, -0.15) is 0 Å². The van der Waals surface area contributed by atoms with Crippen LogP contribution in [0.3, 0.4) is 0 Å². The first-order chi connectivity index (χ1) is 26.4. The molecule has 56 heavy (non-hydrogen) atoms. The highest BCUT2D eigenvalue weighted by Crippen LogP contribution is 2.44. The molecule has 4 aliphatic rings. The van der Waals surface area contributed by atoms with Crippen molar-refractivity contribution < 1.29 is 52.7 Å². The van der Waals surface area contributed by atoms with Crippen molar-refractivity contribution in [1.82, 2.24) is 9.80 Å². The van der Waals surface area contributed by atoms with Crippen molar-refractivity contribution in [3.05, 3.63) is 35.9 Å². The number of aliphatic hydroxyl groups is 1. The molecule has 1 N–H and O–H groups in total. The van der Waals surface area contributed by atoms with Crippen molar-refractivity contribution in [1.29, 1.82) is 0 Å². The molecule has 14 atom stereocenters. The summed E-state index contributed by atoms with van der Waals surface area (Å²) in [5.41, 5.74) is -1.43. The first-order valence-corrected chi connectivity index (χ1v) is 20.6. The molecule has 0 saturated carbocycles. The molecule has 4 aliphatic heterocycles. The van der Waals surface area contributed by atoms with E-state index < -0.39 is 83.7 Å². The Morgan fingerprint density at radius 1 is 0.964 bits per heavy atom. The SMILES string of the molecule is CC[C@H]1OC(=O)[C@H](C)[C@@H]2OCC(=O)CO[C@@](C)(C[C@@H](C)C(=O)[C@H](C)[C@@H]3N(CCCCc4ccccc4)C(=O)O[C@]31C)[C@H](O[C@@H]1O[C@H](C)C[C@H](N(C)C)[C@H]1O)[C@@H]2C. The molecular formula is C43H66N2O11. The van der Waals surface area contributed by atoms with Gasteiger partial charge < -0.3 is 43.3 Å². The summed E-state index contributed by atoms with van der Waals surface area (Å²) in [5.74, 6) is -3.96. The van der Waals surface area contributed by atoms with Crippen molar-refractivity contribution in [2.75, 3.05) is 33.9 Å². The number of ether oxygens (including phenoxy) is 6. The predicted octanol–water partition coefficient (Wildman–Crippen LogP) is 4.98. The summed E-state index contributed by atoms with van der Waals surface area (Å²) in [4.78, 5) is 59.8. The van der Waals surface area contributed by atoms with Crippen molar-refractivity contribution >= 4 is 23.6 Å². The van der Waals surface area contributed by atoms with E-state index >= 15 is 0 Å². The summed E-state index contributed by atoms with van der Waals surface area (Å²) in [6, 6.07) is 9.14. The second-order valence-electron chi connectivity index (χ2n) is 17.5. The Morgan fingerprint density at radius 3 is 2.32 bits per heavy atom. The number of benzene rings is 1. The molecule has 0 spiro atoms. The average Bonchev–Trinajstić information content (AvgIpc) is 3.43. The lowest BCUT2D eigenvalue weighted by molar-refractivity contribution is -0.302. The summed E-state index contributed by atoms with van der Waals surface area (Å²) in [7, 11) is 3.78. The first kappa shape index (κ1) is 44.2. The van der Waals surface area contributed by atoms with E-state index in [1.165, 1.54) is 5.56 Å². The average molecular weight is 787 g/mol. The fraction of sp³-hybridized carbons (Fsp3) is 0.767. The number of aryl methyl sites for hydroxylation is 1. The van der Waals surface area contributed by atoms with E-state index in [-0.39, 0.29) is 43.3 Å². The van der Waals surface area contributed by atoms with Crippen LogP contribution in [-0.2, 0) is 49.2 Å². The van der Waals surface area contributed by atoms with Crippen molar-refractivity contribution in [3.8, 4) is 0 Å². The highest BCUT2D eigenvalue weighted by atomic mass is 16.7. The zero-order chi connectivity index (χ0) is 41.1. The molecule has 0 aromatic heterocycles. The minimum absolute atomic E-state index is 0.131. The Kier molecular flexibility index (Phi) is 14.5. The number of cyclic esters (lactones) is 1. The van der Waals surface area contributed by atoms with Gasteiger partial charge in [-0.1, -0.05) is 58.0 Å². The summed E-state index contributed by atoms with van der Waals surface area (Å²) in [6.07, 6.45) is -2.22. The molecule has 4 heterocycles. The van der Waals surface area contributed by atoms with Crippen LogP contribution in [0.2, 0.25) is 0 Å². The number of hydrogen-bond acceptors (Lipinski definition) is 12. The second-order valence-corrected chi connectivity index (χ2v) is 17.5. The molecule has 1 aromatic rings. The summed E-state index contributed by atoms with van der Waals surface area (Å²) < 4.78 is 38.3. The van der Waals surface area contributed by atoms with Crippen LogP contribution in [0, 0.1) is 23.7 Å². The third-order valence-corrected chi connectivity index (χ3v) is 12.8. The maximum atomic E-state index is 14.8. The van der Waals surface area contributed by atoms with Crippen LogP contribution < -0.4 is 0 Å². The monoisotopic (exact) mass is 786 g/mol. The molecule has 0 unspecified atom stereocenters. The lowest BCUT2D eigenvalue weighted by Gasteiger charge is -2.48. The number of carbonyl (C=O) groups is 4. The number of carbonyl (C=O) groups excluding carboxylic acids is 4. The number of hydrogen-bond donors (Lipinski definition) is 1. The smallest absolute Gasteiger partial charge is 0.410 e. The predicted molar refractivity (Wildman–Crippen MR) is 208 cm³/mol. The van der Waals surface area contributed by atoms with Gasteiger partial charge in [-0.25, -0.2) is 4.79 Å². The number of nitrogens with zero attached hydrogens (tertiary/aromatic N) is 2. The molecule has 5 rings (SSSR count). The van der Waals surface area contributed by atoms with E-state index in [0.29, 0.717) is 25.8 Å². The fourth-order valence-corrected chi connectivity index (χ4v) is 9.82. The molecule has 1 amide bonds. The van der Waals surface area contributed by atoms with Gasteiger partial charge in [0.15, 0.2) is 17.7 Å². The quantitative estimate of drug-likeness (QED) is 0.266. The van der Waals surface area contributed by atoms with Crippen LogP contribution in [-0.4, -0.2) is 132 Å². The fourth-order valence-electron chi connectivity index (χ4n) is 9.82. The maximum absolute atomic E-state index is 14.8. The zero-order valence-electron chi connectivity index (χ0n) is 35.1. The summed E-state index contributed by atoms with van der Waals surface area (Å²) >= 11 is 0. The third-order valence-electron chi connectivity index (χ3n) is 12.8. The normalized spacial score (nSPS) is 40.3. The maximum Gasteiger partial charge on any atom is 0.410 e. The lowest BCUT2D eigenvalue weighted by Crippen LogP contribution is -2.61. The van der Waals surface area contributed by atoms with Crippen LogP contribution in [0.25, 0.3) is 0 Å². The van der Waals surface area contributed by atoms with Gasteiger partial charge in [-0.3, -0.25) is 14.4 Å². The van der Waals surface area contributed by atoms with Gasteiger partial charge in [0.1, 0.15) is 31.2 Å². The van der Waals surface area contributed by atoms with E-state index in [1.54, 1.807) is 18.7 Å². The van der Waals surface area contributed by atoms with E-state index in [2.05, 4.69) is 12.1 Å². The van der Waals surface area contributed by atoms with Gasteiger partial charge in [-0.05, 0) is 85.9 Å². The highest BCUT2D eigenvalue weighted by Gasteiger charge is 2.60. The number of aliphatic hydroxyl groups excluding tert-OH is 1. The van der Waals surface area contributed by atoms with Crippen molar-refractivity contribution in [2.24, 2.45) is 23.7 Å². The number of unbranched alkanes of at least 4 members (excludes halogenated alkanes) is 1. The number of fused-ring (bicyclic) bond motifs is 4. The van der Waals surface area contributed by atoms with Crippen LogP contribution in [0.4, 0.5) is 4.79 Å². The molecule has 4 saturated heterocycles. The van der Waals surface area contributed by atoms with Crippen molar-refractivity contribution in [2.45, 2.75) is 154 Å². The summed E-state index contributed by atoms with van der Waals surface area (Å²) in [5, 5.41) is 11.6. The Labute approximate surface area is 333 Å². The minimum atomic E-state index is -1.34. The van der Waals surface area contributed by atoms with Gasteiger partial charge in [0.25, 0.3) is 0 Å². The molecule has 2 bridgehead atoms. The molecule has 0 aliphatic carbocycles. The Balaban J connectivity index is 1.54. The second kappa shape index (κ2) is 18.3. The lowest BCUT2D eigenvalue weighted by atomic mass is 9.73. The topological polar surface area (TPSA) is 150 Å². The molecule has 314 valence electrons. The van der Waals surface area contributed by atoms with Gasteiger partial charge in [-0.15, -0.1) is 0 Å². The third kappa shape index (κ3) is 9.34. The number of likely N-dealkylation sites (N-methyl/N-ethyl adjacent to an activating group) is 1. The van der Waals surface area contributed by atoms with Gasteiger partial charge >= 0.3 is 12.1 Å². The van der Waals surface area contributed by atoms with Crippen LogP contribution >= 0.6 is 0 Å². The van der Waals surface area contributed by atoms with Crippen LogP contribution in [0.15, 0.2) is 30.3 Å². The van der Waals surface area contributed by atoms with Gasteiger partial charge in [0, 0.05) is 30.3 Å². The van der Waals surface area contributed by atoms with E-state index in [9.17, 15) is 24.3 Å². The first-order valence-electron chi connectivity index (χ1n) is 20.6. The Morgan fingerprint density at radius 2 is 1.66 bits per heavy atom. The minimum Gasteiger partial charge on any atom is -0.458 e. The molecule has 13 nitrogen and oxygen atoms in total. The van der Waals surface area contributed by atoms with Crippen LogP contribution in [0.5, 0.6) is 0 Å². The Hall–Kier alpha value is -2.94. The van der Waals surface area contributed by atoms with Gasteiger partial charge in [0.2, 0.25) is 0 Å². The highest BCUT2D eigenvalue weighted by molar-refractivity contribution is 5.85. The van der Waals surface area contributed by atoms with Gasteiger partial charge in [0.05, 0.1) is 35.9 Å². The number of esters is 1. The molecule has 13 heteroatoms. The Bertz CT molecular complexity index is 1530. The molecule has 1 aromatic carbocycles. The standard InChI is InChI=1S/C43H66N2O11/c1-11-33-43(8)37(45(41(50)56-43)20-16-15-19-30-17-13-12-14-18-30)27(4)34(47)25(2)22-42(7)38(55-40-35(48)32(44(9)10)21-26(3)53-40)28(5)36(29(6)39(49)54-33)51-23-31(46)24-52-42/h12-14,17-18,25-29,32-33,35-38,40,48H,11,15-16,19-24H2,1-10H3/t25-,26-,27+,28-,29-,32+,33-,35-,36-,37+,38-,40+,42+,43+/m1/s1. The number of amides is 1. The van der Waals surface area contributed by atoms with Crippen LogP contribution in [0.1, 0.15) is 93.1 Å². The number of rotatable bonds is 9. The number of Topliss-reactive ketones (excluding diaryl/α,β-unsaturated/α-hetero) is 2. The van der Waals surface area contributed by atoms with E-state index in [4.69, 9.17) is 28.4 Å².